The standard InChI is InChI=1S/C30H46ClNO2/c1-18-13-24-26(32(16-18)12-11-31)19(2)30(34-24)10-9-29-17-28(30,4)25(29)15-23-22(29)6-5-20-14-21(33)7-8-27(20,23)3/h14,18-19,21-26,33H,5-13,15-17H2,1-4H3/t18-,19+,21-,22+,23-,24+,25?,26-,27-,28?,29?,30+/m0/s1. The molecule has 5 saturated carbocycles. The molecular formula is C30H46ClNO2. The number of alkyl halides is 1. The third kappa shape index (κ3) is 2.57. The first-order chi connectivity index (χ1) is 16.2. The normalized spacial score (nSPS) is 60.1. The molecule has 2 aliphatic heterocycles. The van der Waals surface area contributed by atoms with Gasteiger partial charge in [-0.05, 0) is 92.3 Å². The first-order valence-electron chi connectivity index (χ1n) is 14.6. The predicted molar refractivity (Wildman–Crippen MR) is 137 cm³/mol. The molecule has 0 aromatic rings. The Morgan fingerprint density at radius 2 is 1.94 bits per heavy atom. The van der Waals surface area contributed by atoms with Gasteiger partial charge in [-0.25, -0.2) is 0 Å². The van der Waals surface area contributed by atoms with Crippen LogP contribution in [-0.2, 0) is 4.74 Å². The summed E-state index contributed by atoms with van der Waals surface area (Å²) in [6.45, 7) is 12.4. The first kappa shape index (κ1) is 23.1. The van der Waals surface area contributed by atoms with Gasteiger partial charge in [0.15, 0.2) is 0 Å². The molecule has 2 spiro atoms. The summed E-state index contributed by atoms with van der Waals surface area (Å²) in [4.78, 5) is 2.70. The highest BCUT2D eigenvalue weighted by molar-refractivity contribution is 6.18. The van der Waals surface area contributed by atoms with E-state index in [-0.39, 0.29) is 11.7 Å². The third-order valence-corrected chi connectivity index (χ3v) is 13.6. The molecule has 0 aromatic carbocycles. The van der Waals surface area contributed by atoms with E-state index in [1.54, 1.807) is 5.57 Å². The molecule has 3 unspecified atom stereocenters. The molecule has 2 heterocycles. The maximum atomic E-state index is 10.4. The number of aliphatic hydroxyl groups is 1. The molecule has 2 saturated heterocycles. The number of nitrogens with zero attached hydrogens (tertiary/aromatic N) is 1. The number of fused-ring (bicyclic) bond motifs is 5. The highest BCUT2D eigenvalue weighted by atomic mass is 35.5. The third-order valence-electron chi connectivity index (χ3n) is 13.4. The molecule has 0 radical (unpaired) electrons. The van der Waals surface area contributed by atoms with E-state index >= 15 is 0 Å². The summed E-state index contributed by atoms with van der Waals surface area (Å²) in [6, 6.07) is 0.551. The van der Waals surface area contributed by atoms with Crippen LogP contribution in [0, 0.1) is 45.8 Å². The van der Waals surface area contributed by atoms with E-state index in [0.717, 1.165) is 36.6 Å². The topological polar surface area (TPSA) is 32.7 Å². The van der Waals surface area contributed by atoms with E-state index in [1.807, 2.05) is 0 Å². The average molecular weight is 488 g/mol. The Balaban J connectivity index is 1.22. The quantitative estimate of drug-likeness (QED) is 0.381. The molecule has 3 nitrogen and oxygen atoms in total. The predicted octanol–water partition coefficient (Wildman–Crippen LogP) is 6.03. The van der Waals surface area contributed by atoms with Crippen molar-refractivity contribution < 1.29 is 9.84 Å². The Kier molecular flexibility index (Phi) is 4.93. The van der Waals surface area contributed by atoms with Crippen LogP contribution in [0.3, 0.4) is 0 Å². The van der Waals surface area contributed by atoms with Gasteiger partial charge in [-0.1, -0.05) is 39.3 Å². The Hall–Kier alpha value is -0.0900. The van der Waals surface area contributed by atoms with Gasteiger partial charge in [0, 0.05) is 36.3 Å². The Morgan fingerprint density at radius 1 is 1.12 bits per heavy atom. The van der Waals surface area contributed by atoms with Crippen molar-refractivity contribution in [1.29, 1.82) is 0 Å². The first-order valence-corrected chi connectivity index (χ1v) is 15.1. The summed E-state index contributed by atoms with van der Waals surface area (Å²) in [6.07, 6.45) is 13.9. The molecule has 6 aliphatic carbocycles. The number of hydrogen-bond acceptors (Lipinski definition) is 3. The average Bonchev–Trinajstić information content (AvgIpc) is 3.22. The lowest BCUT2D eigenvalue weighted by molar-refractivity contribution is -0.295. The zero-order valence-corrected chi connectivity index (χ0v) is 22.6. The van der Waals surface area contributed by atoms with Crippen molar-refractivity contribution in [2.75, 3.05) is 19.0 Å². The lowest BCUT2D eigenvalue weighted by atomic mass is 9.33. The summed E-state index contributed by atoms with van der Waals surface area (Å²) in [5.41, 5.74) is 2.88. The highest BCUT2D eigenvalue weighted by Crippen LogP contribution is 2.84. The molecule has 0 amide bonds. The zero-order valence-electron chi connectivity index (χ0n) is 21.9. The van der Waals surface area contributed by atoms with Crippen molar-refractivity contribution in [3.05, 3.63) is 11.6 Å². The van der Waals surface area contributed by atoms with E-state index < -0.39 is 0 Å². The van der Waals surface area contributed by atoms with E-state index in [9.17, 15) is 5.11 Å². The van der Waals surface area contributed by atoms with Gasteiger partial charge in [-0.2, -0.15) is 0 Å². The monoisotopic (exact) mass is 487 g/mol. The van der Waals surface area contributed by atoms with Crippen LogP contribution < -0.4 is 0 Å². The second-order valence-corrected chi connectivity index (χ2v) is 14.8. The summed E-state index contributed by atoms with van der Waals surface area (Å²) < 4.78 is 7.38. The largest absolute Gasteiger partial charge is 0.389 e. The van der Waals surface area contributed by atoms with Crippen LogP contribution in [0.25, 0.3) is 0 Å². The summed E-state index contributed by atoms with van der Waals surface area (Å²) in [5.74, 6) is 4.56. The van der Waals surface area contributed by atoms with Gasteiger partial charge in [0.25, 0.3) is 0 Å². The van der Waals surface area contributed by atoms with Crippen LogP contribution in [0.2, 0.25) is 0 Å². The van der Waals surface area contributed by atoms with Gasteiger partial charge >= 0.3 is 0 Å². The number of halogens is 1. The molecular weight excluding hydrogens is 442 g/mol. The van der Waals surface area contributed by atoms with Gasteiger partial charge in [-0.3, -0.25) is 4.90 Å². The van der Waals surface area contributed by atoms with E-state index in [2.05, 4.69) is 38.7 Å². The molecule has 190 valence electrons. The van der Waals surface area contributed by atoms with Crippen molar-refractivity contribution in [2.24, 2.45) is 45.8 Å². The molecule has 4 heteroatoms. The molecule has 7 fully saturated rings. The van der Waals surface area contributed by atoms with E-state index in [4.69, 9.17) is 16.3 Å². The van der Waals surface area contributed by atoms with E-state index in [1.165, 1.54) is 57.9 Å². The van der Waals surface area contributed by atoms with Crippen molar-refractivity contribution in [3.63, 3.8) is 0 Å². The molecule has 0 aromatic heterocycles. The van der Waals surface area contributed by atoms with Crippen LogP contribution in [-0.4, -0.2) is 52.8 Å². The number of likely N-dealkylation sites (tertiary alicyclic amines) is 1. The van der Waals surface area contributed by atoms with Crippen LogP contribution in [0.5, 0.6) is 0 Å². The molecule has 8 rings (SSSR count). The number of piperidine rings is 1. The van der Waals surface area contributed by atoms with Gasteiger partial charge < -0.3 is 9.84 Å². The Bertz CT molecular complexity index is 906. The number of allylic oxidation sites excluding steroid dienone is 1. The number of rotatable bonds is 2. The number of hydrogen-bond donors (Lipinski definition) is 1. The maximum Gasteiger partial charge on any atom is 0.0784 e. The summed E-state index contributed by atoms with van der Waals surface area (Å²) >= 11 is 6.28. The Morgan fingerprint density at radius 3 is 2.74 bits per heavy atom. The fourth-order valence-electron chi connectivity index (χ4n) is 12.2. The highest BCUT2D eigenvalue weighted by Gasteiger charge is 2.81. The fourth-order valence-corrected chi connectivity index (χ4v) is 12.4. The minimum absolute atomic E-state index is 0.0548. The minimum Gasteiger partial charge on any atom is -0.389 e. The van der Waals surface area contributed by atoms with Gasteiger partial charge in [0.05, 0.1) is 17.8 Å². The van der Waals surface area contributed by atoms with Gasteiger partial charge in [0.1, 0.15) is 0 Å². The summed E-state index contributed by atoms with van der Waals surface area (Å²) in [5, 5.41) is 10.4. The lowest BCUT2D eigenvalue weighted by Crippen LogP contribution is -2.71. The van der Waals surface area contributed by atoms with Crippen LogP contribution in [0.1, 0.15) is 85.5 Å². The number of ether oxygens (including phenoxy) is 1. The van der Waals surface area contributed by atoms with Gasteiger partial charge in [-0.15, -0.1) is 11.6 Å². The molecule has 1 N–H and O–H groups in total. The minimum atomic E-state index is -0.203. The van der Waals surface area contributed by atoms with Crippen molar-refractivity contribution in [2.45, 2.75) is 109 Å². The molecule has 8 aliphatic rings. The van der Waals surface area contributed by atoms with Gasteiger partial charge in [0.2, 0.25) is 0 Å². The second kappa shape index (κ2) is 7.27. The van der Waals surface area contributed by atoms with Crippen molar-refractivity contribution >= 4 is 11.6 Å². The molecule has 12 atom stereocenters. The van der Waals surface area contributed by atoms with Crippen molar-refractivity contribution in [3.8, 4) is 0 Å². The number of aliphatic hydroxyl groups excluding tert-OH is 1. The van der Waals surface area contributed by atoms with Crippen LogP contribution >= 0.6 is 11.6 Å². The second-order valence-electron chi connectivity index (χ2n) is 14.4. The lowest BCUT2D eigenvalue weighted by Gasteiger charge is -2.73. The van der Waals surface area contributed by atoms with Crippen LogP contribution in [0.4, 0.5) is 0 Å². The zero-order chi connectivity index (χ0) is 23.7. The molecule has 2 bridgehead atoms. The molecule has 34 heavy (non-hydrogen) atoms. The maximum absolute atomic E-state index is 10.4. The Labute approximate surface area is 212 Å². The fraction of sp³-hybridized carbons (Fsp3) is 0.933. The van der Waals surface area contributed by atoms with Crippen LogP contribution in [0.15, 0.2) is 11.6 Å². The van der Waals surface area contributed by atoms with E-state index in [0.29, 0.717) is 40.2 Å². The smallest absolute Gasteiger partial charge is 0.0784 e. The van der Waals surface area contributed by atoms with Crippen molar-refractivity contribution in [1.82, 2.24) is 4.90 Å². The SMILES string of the molecule is C[C@H]1C[C@H]2O[C@]3(CCC45CC3(C)C4C[C@H]3[C@H]5CCC4=C[C@@H](O)CC[C@@]43C)[C@H](C)[C@@H]2N(CCCl)C1. The summed E-state index contributed by atoms with van der Waals surface area (Å²) in [7, 11) is 0.